The molecule has 0 amide bonds. The van der Waals surface area contributed by atoms with Crippen molar-refractivity contribution >= 4 is 34.8 Å². The van der Waals surface area contributed by atoms with E-state index in [2.05, 4.69) is 16.1 Å². The Morgan fingerprint density at radius 1 is 0.862 bits per heavy atom. The topological polar surface area (TPSA) is 30.7 Å². The van der Waals surface area contributed by atoms with E-state index in [0.29, 0.717) is 33.0 Å². The van der Waals surface area contributed by atoms with Crippen LogP contribution < -0.4 is 0 Å². The minimum Gasteiger partial charge on any atom is -0.319 e. The molecule has 0 saturated carbocycles. The number of pyridine rings is 1. The summed E-state index contributed by atoms with van der Waals surface area (Å²) in [6.45, 7) is 4.46. The first-order valence-corrected chi connectivity index (χ1v) is 10.1. The van der Waals surface area contributed by atoms with E-state index in [1.807, 2.05) is 60.7 Å². The van der Waals surface area contributed by atoms with Crippen molar-refractivity contribution < 1.29 is 0 Å². The van der Waals surface area contributed by atoms with Crippen molar-refractivity contribution in [3.05, 3.63) is 94.7 Å². The summed E-state index contributed by atoms with van der Waals surface area (Å²) in [4.78, 5) is 9.10. The van der Waals surface area contributed by atoms with Crippen molar-refractivity contribution in [2.45, 2.75) is 6.54 Å². The molecule has 0 bridgehead atoms. The predicted octanol–water partition coefficient (Wildman–Crippen LogP) is 7.43. The highest BCUT2D eigenvalue weighted by Crippen LogP contribution is 2.40. The third-order valence-electron chi connectivity index (χ3n) is 4.54. The second-order valence-electron chi connectivity index (χ2n) is 6.37. The smallest absolute Gasteiger partial charge is 0.144 e. The summed E-state index contributed by atoms with van der Waals surface area (Å²) >= 11 is 19.2. The minimum absolute atomic E-state index is 0.535. The molecule has 0 atom stereocenters. The van der Waals surface area contributed by atoms with Crippen LogP contribution in [0.2, 0.25) is 15.1 Å². The van der Waals surface area contributed by atoms with Crippen LogP contribution in [0.5, 0.6) is 0 Å². The van der Waals surface area contributed by atoms with Crippen LogP contribution in [0.15, 0.2) is 79.6 Å². The van der Waals surface area contributed by atoms with E-state index in [1.165, 1.54) is 0 Å². The van der Waals surface area contributed by atoms with E-state index in [4.69, 9.17) is 39.8 Å². The Bertz CT molecular complexity index is 1150. The van der Waals surface area contributed by atoms with Crippen molar-refractivity contribution in [3.63, 3.8) is 0 Å². The molecule has 4 aromatic rings. The first kappa shape index (κ1) is 19.7. The summed E-state index contributed by atoms with van der Waals surface area (Å²) in [5.74, 6) is 0.678. The highest BCUT2D eigenvalue weighted by molar-refractivity contribution is 6.39. The molecule has 0 aliphatic heterocycles. The third kappa shape index (κ3) is 3.82. The zero-order chi connectivity index (χ0) is 20.4. The SMILES string of the molecule is C=CCn1c(-c2c(Cl)cccc2Cl)nc(-c2ccncc2)c1-c1ccc(Cl)cc1. The molecule has 0 unspecified atom stereocenters. The first-order valence-electron chi connectivity index (χ1n) is 8.92. The third-order valence-corrected chi connectivity index (χ3v) is 5.42. The summed E-state index contributed by atoms with van der Waals surface area (Å²) in [5, 5.41) is 1.75. The number of aromatic nitrogens is 3. The fourth-order valence-electron chi connectivity index (χ4n) is 3.27. The molecule has 0 N–H and O–H groups in total. The van der Waals surface area contributed by atoms with Crippen molar-refractivity contribution in [2.75, 3.05) is 0 Å². The van der Waals surface area contributed by atoms with Gasteiger partial charge in [0, 0.05) is 35.1 Å². The summed E-state index contributed by atoms with van der Waals surface area (Å²) in [7, 11) is 0. The van der Waals surface area contributed by atoms with Gasteiger partial charge in [-0.15, -0.1) is 6.58 Å². The highest BCUT2D eigenvalue weighted by atomic mass is 35.5. The quantitative estimate of drug-likeness (QED) is 0.302. The average Bonchev–Trinajstić information content (AvgIpc) is 3.08. The van der Waals surface area contributed by atoms with Crippen LogP contribution in [0.3, 0.4) is 0 Å². The molecule has 0 aliphatic carbocycles. The Kier molecular flexibility index (Phi) is 5.72. The number of imidazole rings is 1. The molecule has 2 aromatic heterocycles. The molecule has 0 radical (unpaired) electrons. The fraction of sp³-hybridized carbons (Fsp3) is 0.0435. The Balaban J connectivity index is 2.08. The van der Waals surface area contributed by atoms with Gasteiger partial charge in [0.1, 0.15) is 5.82 Å². The largest absolute Gasteiger partial charge is 0.319 e. The van der Waals surface area contributed by atoms with E-state index in [9.17, 15) is 0 Å². The summed E-state index contributed by atoms with van der Waals surface area (Å²) in [5.41, 5.74) is 4.34. The van der Waals surface area contributed by atoms with Gasteiger partial charge in [0.2, 0.25) is 0 Å². The van der Waals surface area contributed by atoms with Gasteiger partial charge in [0.15, 0.2) is 0 Å². The molecule has 29 heavy (non-hydrogen) atoms. The van der Waals surface area contributed by atoms with Gasteiger partial charge in [0.25, 0.3) is 0 Å². The van der Waals surface area contributed by atoms with E-state index >= 15 is 0 Å². The Labute approximate surface area is 184 Å². The Morgan fingerprint density at radius 3 is 2.14 bits per heavy atom. The lowest BCUT2D eigenvalue weighted by Gasteiger charge is -2.13. The van der Waals surface area contributed by atoms with E-state index < -0.39 is 0 Å². The highest BCUT2D eigenvalue weighted by Gasteiger charge is 2.23. The van der Waals surface area contributed by atoms with Crippen LogP contribution in [0.4, 0.5) is 0 Å². The van der Waals surface area contributed by atoms with Crippen molar-refractivity contribution in [3.8, 4) is 33.9 Å². The Hall–Kier alpha value is -2.59. The number of halogens is 3. The lowest BCUT2D eigenvalue weighted by molar-refractivity contribution is 0.840. The maximum atomic E-state index is 6.52. The standard InChI is InChI=1S/C23H16Cl3N3/c1-2-14-29-22(16-6-8-17(24)9-7-16)21(15-10-12-27-13-11-15)28-23(29)20-18(25)4-3-5-19(20)26/h2-13H,1,14H2. The predicted molar refractivity (Wildman–Crippen MR) is 122 cm³/mol. The second kappa shape index (κ2) is 8.42. The number of hydrogen-bond donors (Lipinski definition) is 0. The number of rotatable bonds is 5. The average molecular weight is 441 g/mol. The van der Waals surface area contributed by atoms with Crippen LogP contribution >= 0.6 is 34.8 Å². The number of hydrogen-bond acceptors (Lipinski definition) is 2. The molecule has 3 nitrogen and oxygen atoms in total. The van der Waals surface area contributed by atoms with Crippen LogP contribution in [0, 0.1) is 0 Å². The maximum Gasteiger partial charge on any atom is 0.144 e. The summed E-state index contributed by atoms with van der Waals surface area (Å²) < 4.78 is 2.07. The molecule has 2 heterocycles. The molecule has 0 spiro atoms. The normalized spacial score (nSPS) is 10.9. The van der Waals surface area contributed by atoms with Crippen molar-refractivity contribution in [1.29, 1.82) is 0 Å². The van der Waals surface area contributed by atoms with Gasteiger partial charge in [0.05, 0.1) is 27.0 Å². The molecule has 4 rings (SSSR count). The maximum absolute atomic E-state index is 6.52. The monoisotopic (exact) mass is 439 g/mol. The van der Waals surface area contributed by atoms with E-state index in [1.54, 1.807) is 12.4 Å². The van der Waals surface area contributed by atoms with Gasteiger partial charge >= 0.3 is 0 Å². The lowest BCUT2D eigenvalue weighted by atomic mass is 10.1. The van der Waals surface area contributed by atoms with Gasteiger partial charge in [-0.05, 0) is 36.4 Å². The van der Waals surface area contributed by atoms with E-state index in [-0.39, 0.29) is 0 Å². The van der Waals surface area contributed by atoms with Crippen LogP contribution in [0.1, 0.15) is 0 Å². The van der Waals surface area contributed by atoms with Gasteiger partial charge in [-0.3, -0.25) is 4.98 Å². The van der Waals surface area contributed by atoms with Crippen LogP contribution in [0.25, 0.3) is 33.9 Å². The van der Waals surface area contributed by atoms with E-state index in [0.717, 1.165) is 22.5 Å². The Morgan fingerprint density at radius 2 is 1.52 bits per heavy atom. The summed E-state index contributed by atoms with van der Waals surface area (Å²) in [6, 6.07) is 17.0. The molecule has 6 heteroatoms. The van der Waals surface area contributed by atoms with Crippen molar-refractivity contribution in [2.24, 2.45) is 0 Å². The van der Waals surface area contributed by atoms with Gasteiger partial charge in [-0.2, -0.15) is 0 Å². The van der Waals surface area contributed by atoms with Gasteiger partial charge < -0.3 is 4.57 Å². The van der Waals surface area contributed by atoms with Crippen LogP contribution in [-0.4, -0.2) is 14.5 Å². The van der Waals surface area contributed by atoms with Gasteiger partial charge in [-0.25, -0.2) is 4.98 Å². The zero-order valence-corrected chi connectivity index (χ0v) is 17.6. The summed E-state index contributed by atoms with van der Waals surface area (Å²) in [6.07, 6.45) is 5.32. The van der Waals surface area contributed by atoms with Gasteiger partial charge in [-0.1, -0.05) is 59.1 Å². The molecule has 0 aliphatic rings. The second-order valence-corrected chi connectivity index (χ2v) is 7.62. The molecule has 144 valence electrons. The molecular formula is C23H16Cl3N3. The molecular weight excluding hydrogens is 425 g/mol. The fourth-order valence-corrected chi connectivity index (χ4v) is 3.97. The first-order chi connectivity index (χ1) is 14.1. The zero-order valence-electron chi connectivity index (χ0n) is 15.3. The molecule has 0 saturated heterocycles. The molecule has 0 fully saturated rings. The van der Waals surface area contributed by atoms with Crippen LogP contribution in [-0.2, 0) is 6.54 Å². The number of nitrogens with zero attached hydrogens (tertiary/aromatic N) is 3. The van der Waals surface area contributed by atoms with Crippen molar-refractivity contribution in [1.82, 2.24) is 14.5 Å². The number of allylic oxidation sites excluding steroid dienone is 1. The lowest BCUT2D eigenvalue weighted by Crippen LogP contribution is -2.02. The number of benzene rings is 2. The minimum atomic E-state index is 0.535. The molecule has 2 aromatic carbocycles.